The second-order valence-electron chi connectivity index (χ2n) is 4.61. The van der Waals surface area contributed by atoms with Crippen LogP contribution in [0.3, 0.4) is 0 Å². The zero-order chi connectivity index (χ0) is 10.8. The van der Waals surface area contributed by atoms with Crippen molar-refractivity contribution < 1.29 is 0 Å². The van der Waals surface area contributed by atoms with Crippen molar-refractivity contribution in [3.63, 3.8) is 0 Å². The van der Waals surface area contributed by atoms with Crippen LogP contribution in [-0.4, -0.2) is 5.88 Å². The number of thiol groups is 1. The first-order chi connectivity index (χ1) is 6.45. The third kappa shape index (κ3) is 2.68. The van der Waals surface area contributed by atoms with E-state index in [0.717, 1.165) is 0 Å². The maximum Gasteiger partial charge on any atom is 0.0581 e. The monoisotopic (exact) mass is 209 g/mol. The molecule has 1 aromatic rings. The van der Waals surface area contributed by atoms with Crippen molar-refractivity contribution in [1.82, 2.24) is 0 Å². The second-order valence-corrected chi connectivity index (χ2v) is 4.93. The Bertz CT molecular complexity index is 313. The molecule has 0 unspecified atom stereocenters. The van der Waals surface area contributed by atoms with E-state index in [1.165, 1.54) is 16.8 Å². The summed E-state index contributed by atoms with van der Waals surface area (Å²) in [4.78, 5) is 0. The Morgan fingerprint density at radius 1 is 1.29 bits per heavy atom. The van der Waals surface area contributed by atoms with Crippen molar-refractivity contribution in [1.29, 1.82) is 0 Å². The minimum Gasteiger partial charge on any atom is -0.376 e. The lowest BCUT2D eigenvalue weighted by Crippen LogP contribution is -2.11. The summed E-state index contributed by atoms with van der Waals surface area (Å²) < 4.78 is 0. The summed E-state index contributed by atoms with van der Waals surface area (Å²) in [5.74, 6) is 0.675. The van der Waals surface area contributed by atoms with E-state index in [1.807, 2.05) is 0 Å². The first-order valence-electron chi connectivity index (χ1n) is 4.91. The van der Waals surface area contributed by atoms with E-state index in [-0.39, 0.29) is 5.41 Å². The molecule has 0 heterocycles. The first kappa shape index (κ1) is 11.4. The highest BCUT2D eigenvalue weighted by Crippen LogP contribution is 2.26. The van der Waals surface area contributed by atoms with Crippen molar-refractivity contribution in [3.8, 4) is 0 Å². The molecule has 0 aliphatic carbocycles. The molecule has 0 bridgehead atoms. The van der Waals surface area contributed by atoms with Gasteiger partial charge in [-0.3, -0.25) is 0 Å². The summed E-state index contributed by atoms with van der Waals surface area (Å²) in [6.45, 7) is 8.78. The SMILES string of the molecule is Cc1ccc(C(C)(C)C)cc1NCS. The van der Waals surface area contributed by atoms with Crippen LogP contribution in [0.2, 0.25) is 0 Å². The van der Waals surface area contributed by atoms with Gasteiger partial charge in [0.1, 0.15) is 0 Å². The van der Waals surface area contributed by atoms with E-state index in [2.05, 4.69) is 63.8 Å². The molecule has 78 valence electrons. The molecule has 0 spiro atoms. The minimum atomic E-state index is 0.209. The molecule has 0 radical (unpaired) electrons. The van der Waals surface area contributed by atoms with Gasteiger partial charge < -0.3 is 5.32 Å². The number of anilines is 1. The lowest BCUT2D eigenvalue weighted by atomic mass is 9.86. The molecule has 0 saturated carbocycles. The van der Waals surface area contributed by atoms with Crippen molar-refractivity contribution in [3.05, 3.63) is 29.3 Å². The highest BCUT2D eigenvalue weighted by molar-refractivity contribution is 7.80. The van der Waals surface area contributed by atoms with Gasteiger partial charge in [0.15, 0.2) is 0 Å². The Morgan fingerprint density at radius 2 is 1.93 bits per heavy atom. The lowest BCUT2D eigenvalue weighted by molar-refractivity contribution is 0.590. The summed E-state index contributed by atoms with van der Waals surface area (Å²) >= 11 is 4.17. The van der Waals surface area contributed by atoms with Gasteiger partial charge in [0.25, 0.3) is 0 Å². The number of hydrogen-bond acceptors (Lipinski definition) is 2. The minimum absolute atomic E-state index is 0.209. The number of hydrogen-bond donors (Lipinski definition) is 2. The van der Waals surface area contributed by atoms with Crippen LogP contribution >= 0.6 is 12.6 Å². The number of rotatable bonds is 2. The topological polar surface area (TPSA) is 12.0 Å². The van der Waals surface area contributed by atoms with Crippen LogP contribution < -0.4 is 5.32 Å². The Labute approximate surface area is 92.3 Å². The van der Waals surface area contributed by atoms with E-state index < -0.39 is 0 Å². The molecule has 0 aromatic heterocycles. The Hall–Kier alpha value is -0.630. The number of aryl methyl sites for hydroxylation is 1. The second kappa shape index (κ2) is 4.26. The van der Waals surface area contributed by atoms with Crippen LogP contribution in [0.5, 0.6) is 0 Å². The molecule has 1 nitrogen and oxygen atoms in total. The van der Waals surface area contributed by atoms with E-state index in [4.69, 9.17) is 0 Å². The third-order valence-corrected chi connectivity index (χ3v) is 2.53. The Balaban J connectivity index is 3.06. The molecule has 0 aliphatic rings. The number of nitrogens with one attached hydrogen (secondary N) is 1. The van der Waals surface area contributed by atoms with Crippen LogP contribution in [0.15, 0.2) is 18.2 Å². The first-order valence-corrected chi connectivity index (χ1v) is 5.54. The van der Waals surface area contributed by atoms with Gasteiger partial charge in [-0.2, -0.15) is 12.6 Å². The maximum absolute atomic E-state index is 4.17. The number of benzene rings is 1. The van der Waals surface area contributed by atoms with Crippen LogP contribution in [0.4, 0.5) is 5.69 Å². The molecule has 1 N–H and O–H groups in total. The predicted octanol–water partition coefficient (Wildman–Crippen LogP) is 3.59. The molecule has 2 heteroatoms. The standard InChI is InChI=1S/C12H19NS/c1-9-5-6-10(12(2,3)4)7-11(9)13-8-14/h5-7,13-14H,8H2,1-4H3. The molecular formula is C12H19NS. The fourth-order valence-corrected chi connectivity index (χ4v) is 1.53. The molecular weight excluding hydrogens is 190 g/mol. The molecule has 0 aliphatic heterocycles. The highest BCUT2D eigenvalue weighted by atomic mass is 32.1. The van der Waals surface area contributed by atoms with Gasteiger partial charge in [0.2, 0.25) is 0 Å². The third-order valence-electron chi connectivity index (χ3n) is 2.37. The van der Waals surface area contributed by atoms with Crippen LogP contribution in [0, 0.1) is 6.92 Å². The average Bonchev–Trinajstić information content (AvgIpc) is 2.07. The van der Waals surface area contributed by atoms with Crippen molar-refractivity contribution in [2.24, 2.45) is 0 Å². The van der Waals surface area contributed by atoms with Gasteiger partial charge in [-0.1, -0.05) is 32.9 Å². The molecule has 1 rings (SSSR count). The van der Waals surface area contributed by atoms with E-state index >= 15 is 0 Å². The zero-order valence-electron chi connectivity index (χ0n) is 9.39. The molecule has 14 heavy (non-hydrogen) atoms. The Morgan fingerprint density at radius 3 is 2.43 bits per heavy atom. The smallest absolute Gasteiger partial charge is 0.0581 e. The van der Waals surface area contributed by atoms with E-state index in [0.29, 0.717) is 5.88 Å². The summed E-state index contributed by atoms with van der Waals surface area (Å²) in [6, 6.07) is 6.57. The van der Waals surface area contributed by atoms with E-state index in [9.17, 15) is 0 Å². The fraction of sp³-hybridized carbons (Fsp3) is 0.500. The van der Waals surface area contributed by atoms with Gasteiger partial charge in [-0.15, -0.1) is 0 Å². The largest absolute Gasteiger partial charge is 0.376 e. The van der Waals surface area contributed by atoms with Gasteiger partial charge in [0.05, 0.1) is 5.88 Å². The van der Waals surface area contributed by atoms with E-state index in [1.54, 1.807) is 0 Å². The van der Waals surface area contributed by atoms with Gasteiger partial charge in [0, 0.05) is 5.69 Å². The summed E-state index contributed by atoms with van der Waals surface area (Å²) in [5.41, 5.74) is 4.02. The van der Waals surface area contributed by atoms with Gasteiger partial charge in [-0.05, 0) is 29.5 Å². The van der Waals surface area contributed by atoms with Gasteiger partial charge >= 0.3 is 0 Å². The maximum atomic E-state index is 4.17. The van der Waals surface area contributed by atoms with Crippen molar-refractivity contribution in [2.45, 2.75) is 33.1 Å². The van der Waals surface area contributed by atoms with Gasteiger partial charge in [-0.25, -0.2) is 0 Å². The molecule has 0 amide bonds. The van der Waals surface area contributed by atoms with Crippen LogP contribution in [0.25, 0.3) is 0 Å². The highest BCUT2D eigenvalue weighted by Gasteiger charge is 2.14. The van der Waals surface area contributed by atoms with Crippen LogP contribution in [-0.2, 0) is 5.41 Å². The molecule has 0 atom stereocenters. The summed E-state index contributed by atoms with van der Waals surface area (Å²) in [6.07, 6.45) is 0. The molecule has 1 aromatic carbocycles. The lowest BCUT2D eigenvalue weighted by Gasteiger charge is -2.21. The Kier molecular flexibility index (Phi) is 3.48. The summed E-state index contributed by atoms with van der Waals surface area (Å²) in [5, 5.41) is 3.25. The molecule has 0 saturated heterocycles. The van der Waals surface area contributed by atoms with Crippen molar-refractivity contribution in [2.75, 3.05) is 11.2 Å². The fourth-order valence-electron chi connectivity index (χ4n) is 1.36. The van der Waals surface area contributed by atoms with Crippen LogP contribution in [0.1, 0.15) is 31.9 Å². The zero-order valence-corrected chi connectivity index (χ0v) is 10.3. The van der Waals surface area contributed by atoms with Crippen molar-refractivity contribution >= 4 is 18.3 Å². The quantitative estimate of drug-likeness (QED) is 0.560. The predicted molar refractivity (Wildman–Crippen MR) is 67.4 cm³/mol. The normalized spacial score (nSPS) is 11.5. The average molecular weight is 209 g/mol. The summed E-state index contributed by atoms with van der Waals surface area (Å²) in [7, 11) is 0. The molecule has 0 fully saturated rings.